The monoisotopic (exact) mass is 945 g/mol. The van der Waals surface area contributed by atoms with Crippen LogP contribution in [0.1, 0.15) is 95.4 Å². The molecule has 0 spiro atoms. The average molecular weight is 947 g/mol. The zero-order valence-electron chi connectivity index (χ0n) is 36.5. The van der Waals surface area contributed by atoms with E-state index in [9.17, 15) is 38.4 Å². The van der Waals surface area contributed by atoms with Crippen LogP contribution in [0.5, 0.6) is 0 Å². The smallest absolute Gasteiger partial charge is 0.408 e. The van der Waals surface area contributed by atoms with Crippen LogP contribution in [0.25, 0.3) is 0 Å². The Morgan fingerprint density at radius 3 is 2.09 bits per heavy atom. The summed E-state index contributed by atoms with van der Waals surface area (Å²) in [6, 6.07) is 19.4. The van der Waals surface area contributed by atoms with E-state index in [2.05, 4.69) is 31.9 Å². The molecule has 3 aromatic rings. The second-order valence-electron chi connectivity index (χ2n) is 16.8. The van der Waals surface area contributed by atoms with Crippen molar-refractivity contribution >= 4 is 63.5 Å². The molecule has 2 aliphatic rings. The van der Waals surface area contributed by atoms with Gasteiger partial charge in [0.2, 0.25) is 17.8 Å². The molecule has 0 radical (unpaired) electrons. The Balaban J connectivity index is 1.30. The summed E-state index contributed by atoms with van der Waals surface area (Å²) in [5, 5.41) is 7.52. The zero-order chi connectivity index (χ0) is 46.4. The summed E-state index contributed by atoms with van der Waals surface area (Å²) >= 11 is 3.40. The Morgan fingerprint density at radius 1 is 0.828 bits per heavy atom. The summed E-state index contributed by atoms with van der Waals surface area (Å²) in [4.78, 5) is 112. The van der Waals surface area contributed by atoms with E-state index in [4.69, 9.17) is 14.2 Å². The molecule has 17 heteroatoms. The Hall–Kier alpha value is -6.10. The van der Waals surface area contributed by atoms with Crippen LogP contribution in [0, 0.1) is 5.92 Å². The third kappa shape index (κ3) is 13.9. The fraction of sp³-hybridized carbons (Fsp3) is 0.447. The summed E-state index contributed by atoms with van der Waals surface area (Å²) < 4.78 is 17.2. The number of carbonyl (C=O) groups excluding carboxylic acids is 8. The zero-order valence-corrected chi connectivity index (χ0v) is 38.1. The van der Waals surface area contributed by atoms with E-state index in [-0.39, 0.29) is 32.0 Å². The minimum absolute atomic E-state index is 0.00606. The van der Waals surface area contributed by atoms with Crippen LogP contribution in [-0.4, -0.2) is 94.2 Å². The highest BCUT2D eigenvalue weighted by molar-refractivity contribution is 9.10. The number of nitrogens with one attached hydrogen (secondary N) is 3. The van der Waals surface area contributed by atoms with Crippen molar-refractivity contribution in [3.8, 4) is 0 Å². The van der Waals surface area contributed by atoms with Gasteiger partial charge in [0.25, 0.3) is 11.8 Å². The van der Waals surface area contributed by atoms with Crippen molar-refractivity contribution in [1.29, 1.82) is 0 Å². The second-order valence-corrected chi connectivity index (χ2v) is 17.7. The summed E-state index contributed by atoms with van der Waals surface area (Å²) in [5.74, 6) is -6.23. The first-order valence-electron chi connectivity index (χ1n) is 21.5. The molecule has 1 saturated carbocycles. The molecule has 16 nitrogen and oxygen atoms in total. The summed E-state index contributed by atoms with van der Waals surface area (Å²) in [7, 11) is 0. The highest BCUT2D eigenvalue weighted by Crippen LogP contribution is 2.30. The molecule has 1 aliphatic carbocycles. The third-order valence-electron chi connectivity index (χ3n) is 10.7. The van der Waals surface area contributed by atoms with Crippen LogP contribution in [0.4, 0.5) is 9.59 Å². The van der Waals surface area contributed by atoms with Crippen molar-refractivity contribution < 1.29 is 52.6 Å². The highest BCUT2D eigenvalue weighted by Gasteiger charge is 2.49. The Kier molecular flexibility index (Phi) is 17.6. The number of hydrogen-bond acceptors (Lipinski definition) is 11. The van der Waals surface area contributed by atoms with Crippen molar-refractivity contribution in [1.82, 2.24) is 25.8 Å². The fourth-order valence-corrected chi connectivity index (χ4v) is 7.82. The van der Waals surface area contributed by atoms with Crippen molar-refractivity contribution in [3.05, 3.63) is 106 Å². The van der Waals surface area contributed by atoms with Crippen LogP contribution in [0.3, 0.4) is 0 Å². The lowest BCUT2D eigenvalue weighted by Crippen LogP contribution is -2.59. The van der Waals surface area contributed by atoms with E-state index in [1.165, 1.54) is 4.90 Å². The maximum absolute atomic E-state index is 14.6. The van der Waals surface area contributed by atoms with Crippen LogP contribution >= 0.6 is 15.9 Å². The van der Waals surface area contributed by atoms with Gasteiger partial charge in [-0.05, 0) is 69.2 Å². The first-order chi connectivity index (χ1) is 30.5. The number of amides is 6. The number of rotatable bonds is 18. The lowest BCUT2D eigenvalue weighted by molar-refractivity contribution is -0.169. The molecule has 1 heterocycles. The number of halogens is 1. The van der Waals surface area contributed by atoms with Gasteiger partial charge in [-0.1, -0.05) is 121 Å². The van der Waals surface area contributed by atoms with Crippen molar-refractivity contribution in [2.45, 2.75) is 116 Å². The summed E-state index contributed by atoms with van der Waals surface area (Å²) in [6.45, 7) is 5.69. The minimum atomic E-state index is -1.47. The van der Waals surface area contributed by atoms with Crippen LogP contribution in [-0.2, 0) is 56.1 Å². The fourth-order valence-electron chi connectivity index (χ4n) is 7.56. The quantitative estimate of drug-likeness (QED) is 0.0760. The standard InChI is InChI=1S/C47H56BrN5O11/c1-5-15-35(39(55)42(57)49-26-37(54)63-40(33-20-13-8-14-21-33)44(59)62-29-31-16-9-6-10-17-31)50-41(56)36-28-52(27-30-22-24-34(48)25-23-30)46(61)53(36)43(58)38(32-18-11-7-12-19-32)51-45(60)64-47(2,3)4/h6,8-10,13-14,16-17,20-25,32,35-36,38,40H,5,7,11-12,15,18-19,26-29H2,1-4H3,(H,49,57)(H,50,56)(H,51,60)/t35?,36?,38?,40-/m0/s1. The molecule has 342 valence electrons. The molecule has 3 aromatic carbocycles. The van der Waals surface area contributed by atoms with E-state index >= 15 is 0 Å². The minimum Gasteiger partial charge on any atom is -0.458 e. The molecule has 64 heavy (non-hydrogen) atoms. The van der Waals surface area contributed by atoms with Crippen molar-refractivity contribution in [3.63, 3.8) is 0 Å². The molecule has 3 N–H and O–H groups in total. The number of imide groups is 1. The maximum atomic E-state index is 14.6. The van der Waals surface area contributed by atoms with Crippen molar-refractivity contribution in [2.24, 2.45) is 5.92 Å². The second kappa shape index (κ2) is 23.0. The number of nitrogens with zero attached hydrogens (tertiary/aromatic N) is 2. The molecular formula is C47H56BrN5O11. The van der Waals surface area contributed by atoms with Gasteiger partial charge in [-0.3, -0.25) is 24.0 Å². The molecule has 0 aromatic heterocycles. The number of benzene rings is 3. The topological polar surface area (TPSA) is 207 Å². The lowest BCUT2D eigenvalue weighted by atomic mass is 9.83. The van der Waals surface area contributed by atoms with Gasteiger partial charge in [0.15, 0.2) is 0 Å². The van der Waals surface area contributed by atoms with Gasteiger partial charge in [0.1, 0.15) is 30.8 Å². The molecule has 1 aliphatic heterocycles. The Bertz CT molecular complexity index is 2130. The van der Waals surface area contributed by atoms with Gasteiger partial charge in [0, 0.05) is 16.6 Å². The van der Waals surface area contributed by atoms with Gasteiger partial charge in [-0.25, -0.2) is 19.3 Å². The number of carbonyl (C=O) groups is 8. The van der Waals surface area contributed by atoms with E-state index < -0.39 is 83.9 Å². The summed E-state index contributed by atoms with van der Waals surface area (Å²) in [5.41, 5.74) is 0.867. The van der Waals surface area contributed by atoms with Crippen LogP contribution < -0.4 is 16.0 Å². The van der Waals surface area contributed by atoms with Crippen LogP contribution in [0.2, 0.25) is 0 Å². The SMILES string of the molecule is CCCC(NC(=O)C1CN(Cc2ccc(Br)cc2)C(=O)N1C(=O)C(NC(=O)OC(C)(C)C)C1CCCCC1)C(=O)C(=O)NCC(=O)O[C@H](C(=O)OCc1ccccc1)c1ccccc1. The molecule has 1 saturated heterocycles. The van der Waals surface area contributed by atoms with E-state index in [0.29, 0.717) is 36.0 Å². The van der Waals surface area contributed by atoms with Gasteiger partial charge in [0.05, 0.1) is 12.6 Å². The molecule has 0 bridgehead atoms. The maximum Gasteiger partial charge on any atom is 0.408 e. The van der Waals surface area contributed by atoms with Gasteiger partial charge < -0.3 is 35.1 Å². The molecule has 4 atom stereocenters. The molecule has 6 amide bonds. The van der Waals surface area contributed by atoms with Gasteiger partial charge in [-0.2, -0.15) is 0 Å². The first kappa shape index (κ1) is 48.9. The first-order valence-corrected chi connectivity index (χ1v) is 22.3. The largest absolute Gasteiger partial charge is 0.458 e. The van der Waals surface area contributed by atoms with Gasteiger partial charge >= 0.3 is 24.1 Å². The van der Waals surface area contributed by atoms with E-state index in [0.717, 1.165) is 28.6 Å². The molecule has 2 fully saturated rings. The van der Waals surface area contributed by atoms with Crippen molar-refractivity contribution in [2.75, 3.05) is 13.1 Å². The Morgan fingerprint density at radius 2 is 1.47 bits per heavy atom. The lowest BCUT2D eigenvalue weighted by Gasteiger charge is -2.34. The predicted molar refractivity (Wildman–Crippen MR) is 237 cm³/mol. The highest BCUT2D eigenvalue weighted by atomic mass is 79.9. The van der Waals surface area contributed by atoms with E-state index in [1.807, 2.05) is 6.07 Å². The number of esters is 2. The number of alkyl carbamates (subject to hydrolysis) is 1. The van der Waals surface area contributed by atoms with E-state index in [1.54, 1.807) is 107 Å². The van der Waals surface area contributed by atoms with Crippen LogP contribution in [0.15, 0.2) is 89.4 Å². The van der Waals surface area contributed by atoms with Gasteiger partial charge in [-0.15, -0.1) is 0 Å². The number of urea groups is 1. The number of ketones is 1. The summed E-state index contributed by atoms with van der Waals surface area (Å²) in [6.07, 6.45) is 1.73. The number of ether oxygens (including phenoxy) is 3. The molecular weight excluding hydrogens is 890 g/mol. The molecule has 5 rings (SSSR count). The normalized spacial score (nSPS) is 16.8. The molecule has 3 unspecified atom stereocenters. The number of Topliss-reactive ketones (excluding diaryl/α,β-unsaturated/α-hetero) is 1. The Labute approximate surface area is 381 Å². The number of hydrogen-bond donors (Lipinski definition) is 3. The average Bonchev–Trinajstić information content (AvgIpc) is 3.61. The third-order valence-corrected chi connectivity index (χ3v) is 11.2. The predicted octanol–water partition coefficient (Wildman–Crippen LogP) is 6.05.